The fourth-order valence-corrected chi connectivity index (χ4v) is 3.42. The highest BCUT2D eigenvalue weighted by molar-refractivity contribution is 7.90. The first-order valence-electron chi connectivity index (χ1n) is 8.11. The summed E-state index contributed by atoms with van der Waals surface area (Å²) in [6.45, 7) is 0. The van der Waals surface area contributed by atoms with E-state index in [1.54, 1.807) is 24.4 Å². The van der Waals surface area contributed by atoms with E-state index in [2.05, 4.69) is 19.9 Å². The predicted molar refractivity (Wildman–Crippen MR) is 104 cm³/mol. The molecule has 2 aromatic carbocycles. The van der Waals surface area contributed by atoms with Gasteiger partial charge in [-0.1, -0.05) is 12.1 Å². The molecule has 0 amide bonds. The molecule has 0 unspecified atom stereocenters. The quantitative estimate of drug-likeness (QED) is 0.638. The van der Waals surface area contributed by atoms with E-state index in [4.69, 9.17) is 0 Å². The molecule has 0 bridgehead atoms. The number of nitrogens with one attached hydrogen (secondary N) is 2. The summed E-state index contributed by atoms with van der Waals surface area (Å²) in [6.07, 6.45) is 3.50. The number of azo groups is 1. The molecule has 0 aliphatic carbocycles. The van der Waals surface area contributed by atoms with E-state index in [0.29, 0.717) is 22.2 Å². The first-order chi connectivity index (χ1) is 12.8. The smallest absolute Gasteiger partial charge is 0.301 e. The van der Waals surface area contributed by atoms with Gasteiger partial charge in [0.25, 0.3) is 0 Å². The molecule has 3 aromatic rings. The lowest BCUT2D eigenvalue weighted by Crippen LogP contribution is -2.28. The standard InChI is InChI=1S/C18H17N5O3S/c1-23(2)27(25,26)22-13-5-6-16-14(9-13)15(18(24)20-16)7-11-3-4-12-10-19-21-17(12)8-11/h3-10,20,22,24H,1-2H3. The zero-order chi connectivity index (χ0) is 19.2. The maximum Gasteiger partial charge on any atom is 0.301 e. The van der Waals surface area contributed by atoms with Crippen LogP contribution >= 0.6 is 0 Å². The topological polar surface area (TPSA) is 110 Å². The molecule has 3 N–H and O–H groups in total. The number of aromatic hydroxyl groups is 1. The zero-order valence-corrected chi connectivity index (χ0v) is 15.4. The van der Waals surface area contributed by atoms with Gasteiger partial charge in [0.2, 0.25) is 0 Å². The van der Waals surface area contributed by atoms with Crippen molar-refractivity contribution in [2.75, 3.05) is 18.8 Å². The summed E-state index contributed by atoms with van der Waals surface area (Å²) in [4.78, 5) is 2.90. The van der Waals surface area contributed by atoms with Gasteiger partial charge in [-0.3, -0.25) is 4.72 Å². The van der Waals surface area contributed by atoms with E-state index in [1.807, 2.05) is 24.3 Å². The summed E-state index contributed by atoms with van der Waals surface area (Å²) < 4.78 is 27.7. The van der Waals surface area contributed by atoms with Gasteiger partial charge >= 0.3 is 10.2 Å². The second-order valence-electron chi connectivity index (χ2n) is 6.34. The lowest BCUT2D eigenvalue weighted by molar-refractivity contribution is 0.457. The van der Waals surface area contributed by atoms with Crippen LogP contribution in [0.1, 0.15) is 5.56 Å². The molecule has 2 heterocycles. The number of rotatable bonds is 4. The molecule has 0 spiro atoms. The lowest BCUT2D eigenvalue weighted by Gasteiger charge is -2.13. The van der Waals surface area contributed by atoms with Crippen molar-refractivity contribution in [3.05, 3.63) is 52.4 Å². The minimum absolute atomic E-state index is 0.00584. The number of fused-ring (bicyclic) bond motifs is 2. The van der Waals surface area contributed by atoms with Crippen molar-refractivity contribution in [3.63, 3.8) is 0 Å². The van der Waals surface area contributed by atoms with Gasteiger partial charge < -0.3 is 10.1 Å². The SMILES string of the molecule is CN(C)S(=O)(=O)Nc1ccc2[nH]c(O)c(C=c3ccc4c(c3)N=NC=4)c2c1. The summed E-state index contributed by atoms with van der Waals surface area (Å²) in [7, 11) is -0.719. The van der Waals surface area contributed by atoms with Crippen LogP contribution in [0.4, 0.5) is 11.4 Å². The van der Waals surface area contributed by atoms with Crippen molar-refractivity contribution in [3.8, 4) is 5.88 Å². The van der Waals surface area contributed by atoms with Gasteiger partial charge in [-0.15, -0.1) is 0 Å². The van der Waals surface area contributed by atoms with E-state index >= 15 is 0 Å². The number of anilines is 1. The van der Waals surface area contributed by atoms with Crippen molar-refractivity contribution in [1.29, 1.82) is 0 Å². The number of aromatic amines is 1. The molecule has 0 saturated heterocycles. The summed E-state index contributed by atoms with van der Waals surface area (Å²) >= 11 is 0. The Balaban J connectivity index is 1.82. The Morgan fingerprint density at radius 3 is 2.78 bits per heavy atom. The normalized spacial score (nSPS) is 14.0. The number of benzene rings is 2. The third kappa shape index (κ3) is 3.18. The molecule has 0 fully saturated rings. The van der Waals surface area contributed by atoms with E-state index in [0.717, 1.165) is 20.4 Å². The fourth-order valence-electron chi connectivity index (χ4n) is 2.81. The second-order valence-corrected chi connectivity index (χ2v) is 8.23. The Kier molecular flexibility index (Phi) is 3.97. The van der Waals surface area contributed by atoms with E-state index in [1.165, 1.54) is 14.1 Å². The Labute approximate surface area is 155 Å². The maximum absolute atomic E-state index is 12.1. The monoisotopic (exact) mass is 383 g/mol. The molecule has 1 aliphatic rings. The molecular weight excluding hydrogens is 366 g/mol. The van der Waals surface area contributed by atoms with Gasteiger partial charge in [0.05, 0.1) is 17.6 Å². The minimum atomic E-state index is -3.62. The van der Waals surface area contributed by atoms with Crippen molar-refractivity contribution in [2.24, 2.45) is 10.2 Å². The van der Waals surface area contributed by atoms with Crippen molar-refractivity contribution in [2.45, 2.75) is 0 Å². The lowest BCUT2D eigenvalue weighted by atomic mass is 10.1. The summed E-state index contributed by atoms with van der Waals surface area (Å²) in [5.74, 6) is 0.00584. The molecule has 8 nitrogen and oxygen atoms in total. The molecule has 0 atom stereocenters. The second kappa shape index (κ2) is 6.22. The predicted octanol–water partition coefficient (Wildman–Crippen LogP) is 1.76. The zero-order valence-electron chi connectivity index (χ0n) is 14.6. The molecular formula is C18H17N5O3S. The van der Waals surface area contributed by atoms with Gasteiger partial charge in [0, 0.05) is 35.8 Å². The van der Waals surface area contributed by atoms with Crippen LogP contribution in [0, 0.1) is 0 Å². The largest absolute Gasteiger partial charge is 0.494 e. The molecule has 1 aromatic heterocycles. The molecule has 27 heavy (non-hydrogen) atoms. The van der Waals surface area contributed by atoms with Crippen molar-refractivity contribution in [1.82, 2.24) is 9.29 Å². The number of hydrogen-bond acceptors (Lipinski definition) is 5. The Hall–Kier alpha value is -3.17. The van der Waals surface area contributed by atoms with E-state index < -0.39 is 10.2 Å². The van der Waals surface area contributed by atoms with Crippen LogP contribution in [-0.4, -0.2) is 36.9 Å². The van der Waals surface area contributed by atoms with Crippen LogP contribution in [0.3, 0.4) is 0 Å². The summed E-state index contributed by atoms with van der Waals surface area (Å²) in [5.41, 5.74) is 2.43. The Morgan fingerprint density at radius 2 is 2.00 bits per heavy atom. The first kappa shape index (κ1) is 17.3. The molecule has 0 saturated carbocycles. The van der Waals surface area contributed by atoms with Crippen LogP contribution in [0.5, 0.6) is 5.88 Å². The van der Waals surface area contributed by atoms with Gasteiger partial charge in [-0.25, -0.2) is 0 Å². The fraction of sp³-hybridized carbons (Fsp3) is 0.111. The first-order valence-corrected chi connectivity index (χ1v) is 9.55. The third-order valence-corrected chi connectivity index (χ3v) is 5.73. The molecule has 1 aliphatic heterocycles. The Morgan fingerprint density at radius 1 is 1.19 bits per heavy atom. The summed E-state index contributed by atoms with van der Waals surface area (Å²) in [6, 6.07) is 10.7. The van der Waals surface area contributed by atoms with Gasteiger partial charge in [-0.05, 0) is 35.6 Å². The highest BCUT2D eigenvalue weighted by Gasteiger charge is 2.15. The third-order valence-electron chi connectivity index (χ3n) is 4.27. The highest BCUT2D eigenvalue weighted by atomic mass is 32.2. The van der Waals surface area contributed by atoms with Gasteiger partial charge in [0.1, 0.15) is 0 Å². The molecule has 4 rings (SSSR count). The van der Waals surface area contributed by atoms with Gasteiger partial charge in [0.15, 0.2) is 5.88 Å². The van der Waals surface area contributed by atoms with Crippen LogP contribution in [-0.2, 0) is 10.2 Å². The Bertz CT molecular complexity index is 1310. The average Bonchev–Trinajstić information content (AvgIpc) is 3.19. The van der Waals surface area contributed by atoms with E-state index in [-0.39, 0.29) is 5.88 Å². The van der Waals surface area contributed by atoms with Crippen LogP contribution < -0.4 is 15.2 Å². The van der Waals surface area contributed by atoms with Crippen LogP contribution in [0.15, 0.2) is 46.6 Å². The van der Waals surface area contributed by atoms with Crippen molar-refractivity contribution < 1.29 is 13.5 Å². The highest BCUT2D eigenvalue weighted by Crippen LogP contribution is 2.30. The number of nitrogens with zero attached hydrogens (tertiary/aromatic N) is 3. The van der Waals surface area contributed by atoms with E-state index in [9.17, 15) is 13.5 Å². The van der Waals surface area contributed by atoms with Crippen molar-refractivity contribution >= 4 is 44.8 Å². The van der Waals surface area contributed by atoms with Gasteiger partial charge in [-0.2, -0.15) is 23.0 Å². The molecule has 9 heteroatoms. The average molecular weight is 383 g/mol. The number of H-pyrrole nitrogens is 1. The minimum Gasteiger partial charge on any atom is -0.494 e. The maximum atomic E-state index is 12.1. The molecule has 138 valence electrons. The van der Waals surface area contributed by atoms with Crippen LogP contribution in [0.2, 0.25) is 0 Å². The molecule has 0 radical (unpaired) electrons. The van der Waals surface area contributed by atoms with Crippen LogP contribution in [0.25, 0.3) is 23.2 Å². The number of hydrogen-bond donors (Lipinski definition) is 3. The number of aromatic nitrogens is 1. The summed E-state index contributed by atoms with van der Waals surface area (Å²) in [5, 5.41) is 20.7.